The fourth-order valence-electron chi connectivity index (χ4n) is 4.42. The Morgan fingerprint density at radius 1 is 0.969 bits per heavy atom. The van der Waals surface area contributed by atoms with Crippen LogP contribution >= 0.6 is 0 Å². The maximum absolute atomic E-state index is 6.24. The van der Waals surface area contributed by atoms with E-state index in [2.05, 4.69) is 32.8 Å². The van der Waals surface area contributed by atoms with Crippen LogP contribution in [0.4, 0.5) is 5.82 Å². The minimum absolute atomic E-state index is 0.228. The van der Waals surface area contributed by atoms with Crippen molar-refractivity contribution < 1.29 is 0 Å². The summed E-state index contributed by atoms with van der Waals surface area (Å²) in [6, 6.07) is 16.3. The van der Waals surface area contributed by atoms with Gasteiger partial charge in [-0.15, -0.1) is 0 Å². The van der Waals surface area contributed by atoms with Gasteiger partial charge in [0, 0.05) is 30.3 Å². The van der Waals surface area contributed by atoms with Crippen LogP contribution in [0, 0.1) is 0 Å². The molecule has 8 heteroatoms. The van der Waals surface area contributed by atoms with Crippen LogP contribution < -0.4 is 11.5 Å². The number of nitrogens with zero attached hydrogens (tertiary/aromatic N) is 6. The summed E-state index contributed by atoms with van der Waals surface area (Å²) in [4.78, 5) is 14.1. The molecule has 0 radical (unpaired) electrons. The molecule has 0 amide bonds. The number of pyridine rings is 2. The number of imidazole rings is 1. The van der Waals surface area contributed by atoms with Crippen molar-refractivity contribution in [2.24, 2.45) is 5.73 Å². The second-order valence-corrected chi connectivity index (χ2v) is 8.13. The molecular weight excluding hydrogens is 400 g/mol. The normalized spacial score (nSPS) is 15.7. The van der Waals surface area contributed by atoms with E-state index in [-0.39, 0.29) is 6.04 Å². The molecule has 32 heavy (non-hydrogen) atoms. The Bertz CT molecular complexity index is 1430. The van der Waals surface area contributed by atoms with Crippen LogP contribution in [0.3, 0.4) is 0 Å². The Kier molecular flexibility index (Phi) is 4.26. The molecule has 4 heterocycles. The fourth-order valence-corrected chi connectivity index (χ4v) is 4.42. The van der Waals surface area contributed by atoms with Crippen molar-refractivity contribution in [2.45, 2.75) is 25.3 Å². The molecule has 5 aromatic rings. The van der Waals surface area contributed by atoms with E-state index in [4.69, 9.17) is 21.4 Å². The summed E-state index contributed by atoms with van der Waals surface area (Å²) in [6.45, 7) is 0. The van der Waals surface area contributed by atoms with Gasteiger partial charge in [0.1, 0.15) is 11.3 Å². The third-order valence-corrected chi connectivity index (χ3v) is 6.02. The number of nitrogens with two attached hydrogens (primary N) is 2. The van der Waals surface area contributed by atoms with Gasteiger partial charge < -0.3 is 11.5 Å². The van der Waals surface area contributed by atoms with Crippen LogP contribution in [-0.4, -0.2) is 35.3 Å². The molecule has 1 aliphatic carbocycles. The standard InChI is InChI=1S/C24H22N8/c25-17-6-4-16-14-18(7-5-15(16)13-17)32-23(19-3-1-10-27-22(19)26)29-20-8-9-21(30-24(20)32)31-12-2-11-28-31/h1-3,5,7-12,14,17H,4,6,13,25H2,(H2,26,27)/t17-/m0/s1. The maximum atomic E-state index is 6.24. The molecule has 4 N–H and O–H groups in total. The Morgan fingerprint density at radius 2 is 1.91 bits per heavy atom. The summed E-state index contributed by atoms with van der Waals surface area (Å²) >= 11 is 0. The number of hydrogen-bond donors (Lipinski definition) is 2. The van der Waals surface area contributed by atoms with Crippen LogP contribution in [0.2, 0.25) is 0 Å². The first-order valence-electron chi connectivity index (χ1n) is 10.7. The van der Waals surface area contributed by atoms with Gasteiger partial charge in [-0.25, -0.2) is 19.6 Å². The first-order chi connectivity index (χ1) is 15.7. The topological polar surface area (TPSA) is 113 Å². The molecule has 0 aliphatic heterocycles. The lowest BCUT2D eigenvalue weighted by molar-refractivity contribution is 0.576. The molecule has 0 spiro atoms. The van der Waals surface area contributed by atoms with Gasteiger partial charge in [0.2, 0.25) is 0 Å². The van der Waals surface area contributed by atoms with Crippen molar-refractivity contribution in [3.05, 3.63) is 78.2 Å². The van der Waals surface area contributed by atoms with E-state index in [9.17, 15) is 0 Å². The van der Waals surface area contributed by atoms with Crippen LogP contribution in [0.5, 0.6) is 0 Å². The largest absolute Gasteiger partial charge is 0.383 e. The number of nitrogen functional groups attached to an aromatic ring is 1. The molecule has 1 aliphatic rings. The first-order valence-corrected chi connectivity index (χ1v) is 10.7. The summed E-state index contributed by atoms with van der Waals surface area (Å²) in [5.41, 5.74) is 18.3. The second kappa shape index (κ2) is 7.28. The van der Waals surface area contributed by atoms with Crippen molar-refractivity contribution in [1.82, 2.24) is 29.3 Å². The molecule has 0 fully saturated rings. The number of anilines is 1. The van der Waals surface area contributed by atoms with E-state index in [1.165, 1.54) is 11.1 Å². The highest BCUT2D eigenvalue weighted by Crippen LogP contribution is 2.32. The number of aromatic nitrogens is 6. The van der Waals surface area contributed by atoms with E-state index in [0.29, 0.717) is 11.6 Å². The average molecular weight is 422 g/mol. The summed E-state index contributed by atoms with van der Waals surface area (Å²) in [5, 5.41) is 4.32. The third-order valence-electron chi connectivity index (χ3n) is 6.02. The number of benzene rings is 1. The molecule has 8 nitrogen and oxygen atoms in total. The first kappa shape index (κ1) is 18.7. The van der Waals surface area contributed by atoms with Crippen molar-refractivity contribution >= 4 is 17.0 Å². The van der Waals surface area contributed by atoms with E-state index >= 15 is 0 Å². The summed E-state index contributed by atoms with van der Waals surface area (Å²) in [5.74, 6) is 1.86. The molecule has 158 valence electrons. The van der Waals surface area contributed by atoms with Gasteiger partial charge in [0.05, 0.1) is 5.56 Å². The lowest BCUT2D eigenvalue weighted by atomic mass is 9.88. The van der Waals surface area contributed by atoms with Gasteiger partial charge in [-0.1, -0.05) is 6.07 Å². The molecule has 6 rings (SSSR count). The van der Waals surface area contributed by atoms with E-state index in [0.717, 1.165) is 47.5 Å². The third kappa shape index (κ3) is 3.04. The predicted molar refractivity (Wildman–Crippen MR) is 124 cm³/mol. The van der Waals surface area contributed by atoms with Crippen molar-refractivity contribution in [3.8, 4) is 22.9 Å². The van der Waals surface area contributed by atoms with Gasteiger partial charge in [0.15, 0.2) is 17.3 Å². The molecular formula is C24H22N8. The van der Waals surface area contributed by atoms with Gasteiger partial charge >= 0.3 is 0 Å². The number of fused-ring (bicyclic) bond motifs is 2. The summed E-state index contributed by atoms with van der Waals surface area (Å²) < 4.78 is 3.80. The molecule has 0 saturated heterocycles. The van der Waals surface area contributed by atoms with E-state index in [1.807, 2.05) is 36.5 Å². The lowest BCUT2D eigenvalue weighted by Gasteiger charge is -2.22. The minimum Gasteiger partial charge on any atom is -0.383 e. The fraction of sp³-hybridized carbons (Fsp3) is 0.167. The molecule has 4 aromatic heterocycles. The number of hydrogen-bond acceptors (Lipinski definition) is 6. The maximum Gasteiger partial charge on any atom is 0.167 e. The molecule has 1 atom stereocenters. The zero-order chi connectivity index (χ0) is 21.7. The highest BCUT2D eigenvalue weighted by molar-refractivity contribution is 5.83. The summed E-state index contributed by atoms with van der Waals surface area (Å²) in [7, 11) is 0. The van der Waals surface area contributed by atoms with E-state index < -0.39 is 0 Å². The van der Waals surface area contributed by atoms with Crippen molar-refractivity contribution in [1.29, 1.82) is 0 Å². The zero-order valence-corrected chi connectivity index (χ0v) is 17.4. The quantitative estimate of drug-likeness (QED) is 0.462. The van der Waals surface area contributed by atoms with Crippen molar-refractivity contribution in [2.75, 3.05) is 5.73 Å². The second-order valence-electron chi connectivity index (χ2n) is 8.13. The molecule has 0 bridgehead atoms. The monoisotopic (exact) mass is 422 g/mol. The van der Waals surface area contributed by atoms with Crippen molar-refractivity contribution in [3.63, 3.8) is 0 Å². The van der Waals surface area contributed by atoms with Crippen LogP contribution in [0.15, 0.2) is 67.1 Å². The van der Waals surface area contributed by atoms with Gasteiger partial charge in [-0.2, -0.15) is 5.10 Å². The smallest absolute Gasteiger partial charge is 0.167 e. The van der Waals surface area contributed by atoms with Crippen LogP contribution in [-0.2, 0) is 12.8 Å². The van der Waals surface area contributed by atoms with Gasteiger partial charge in [-0.05, 0) is 72.9 Å². The summed E-state index contributed by atoms with van der Waals surface area (Å²) in [6.07, 6.45) is 8.15. The van der Waals surface area contributed by atoms with Crippen LogP contribution in [0.25, 0.3) is 34.1 Å². The Labute approximate surface area is 184 Å². The predicted octanol–water partition coefficient (Wildman–Crippen LogP) is 3.07. The SMILES string of the molecule is Nc1ncccc1-c1nc2ccc(-n3cccn3)nc2n1-c1ccc2c(c1)CC[C@H](N)C2. The lowest BCUT2D eigenvalue weighted by Crippen LogP contribution is -2.27. The average Bonchev–Trinajstić information content (AvgIpc) is 3.47. The van der Waals surface area contributed by atoms with E-state index in [1.54, 1.807) is 17.1 Å². The zero-order valence-electron chi connectivity index (χ0n) is 17.4. The Morgan fingerprint density at radius 3 is 2.75 bits per heavy atom. The molecule has 0 saturated carbocycles. The van der Waals surface area contributed by atoms with Crippen LogP contribution in [0.1, 0.15) is 17.5 Å². The Hall–Kier alpha value is -4.04. The highest BCUT2D eigenvalue weighted by Gasteiger charge is 2.21. The van der Waals surface area contributed by atoms with Gasteiger partial charge in [0.25, 0.3) is 0 Å². The van der Waals surface area contributed by atoms with Gasteiger partial charge in [-0.3, -0.25) is 4.57 Å². The highest BCUT2D eigenvalue weighted by atomic mass is 15.3. The molecule has 0 unspecified atom stereocenters. The minimum atomic E-state index is 0.228. The molecule has 1 aromatic carbocycles. The number of rotatable bonds is 3. The Balaban J connectivity index is 1.61. The number of aryl methyl sites for hydroxylation is 1.